The normalized spacial score (nSPS) is 17.7. The summed E-state index contributed by atoms with van der Waals surface area (Å²) in [5.74, 6) is 1.71. The van der Waals surface area contributed by atoms with Gasteiger partial charge in [0.2, 0.25) is 0 Å². The highest BCUT2D eigenvalue weighted by Gasteiger charge is 2.29. The van der Waals surface area contributed by atoms with Gasteiger partial charge in [-0.2, -0.15) is 5.26 Å². The second-order valence-corrected chi connectivity index (χ2v) is 6.94. The standard InChI is InChI=1S/C15H16N2O3S2/c1-4-21-15-10(8-16)13(18)17-14(22-15)9-5-6-11(19-2)12(7-9)20-3/h5-7,14H,4H2,1-3H3,(H,17,18). The lowest BCUT2D eigenvalue weighted by Crippen LogP contribution is -2.31. The van der Waals surface area contributed by atoms with Crippen LogP contribution in [-0.4, -0.2) is 25.9 Å². The molecule has 0 aromatic heterocycles. The van der Waals surface area contributed by atoms with Gasteiger partial charge in [-0.25, -0.2) is 0 Å². The Balaban J connectivity index is 2.33. The molecule has 1 N–H and O–H groups in total. The van der Waals surface area contributed by atoms with Crippen LogP contribution >= 0.6 is 23.5 Å². The largest absolute Gasteiger partial charge is 0.493 e. The van der Waals surface area contributed by atoms with E-state index >= 15 is 0 Å². The SMILES string of the molecule is CCSC1=C(C#N)C(=O)NC(c2ccc(OC)c(OC)c2)S1. The van der Waals surface area contributed by atoms with Crippen molar-refractivity contribution in [1.29, 1.82) is 5.26 Å². The number of ether oxygens (including phenoxy) is 2. The minimum atomic E-state index is -0.336. The van der Waals surface area contributed by atoms with Gasteiger partial charge in [-0.05, 0) is 23.4 Å². The zero-order chi connectivity index (χ0) is 16.1. The lowest BCUT2D eigenvalue weighted by Gasteiger charge is -2.25. The number of nitriles is 1. The van der Waals surface area contributed by atoms with E-state index in [4.69, 9.17) is 14.7 Å². The Kier molecular flexibility index (Phi) is 5.63. The van der Waals surface area contributed by atoms with E-state index < -0.39 is 0 Å². The average molecular weight is 336 g/mol. The monoisotopic (exact) mass is 336 g/mol. The van der Waals surface area contributed by atoms with E-state index in [9.17, 15) is 4.79 Å². The Hall–Kier alpha value is -1.78. The number of hydrogen-bond acceptors (Lipinski definition) is 6. The van der Waals surface area contributed by atoms with E-state index in [0.717, 1.165) is 15.6 Å². The summed E-state index contributed by atoms with van der Waals surface area (Å²) in [6.45, 7) is 1.99. The van der Waals surface area contributed by atoms with Gasteiger partial charge in [-0.3, -0.25) is 4.79 Å². The molecule has 0 aliphatic carbocycles. The Morgan fingerprint density at radius 2 is 2.09 bits per heavy atom. The molecule has 5 nitrogen and oxygen atoms in total. The molecule has 1 aromatic rings. The van der Waals surface area contributed by atoms with Crippen molar-refractivity contribution >= 4 is 29.4 Å². The quantitative estimate of drug-likeness (QED) is 0.891. The maximum atomic E-state index is 12.1. The minimum Gasteiger partial charge on any atom is -0.493 e. The van der Waals surface area contributed by atoms with Crippen molar-refractivity contribution in [2.45, 2.75) is 12.3 Å². The smallest absolute Gasteiger partial charge is 0.264 e. The molecule has 2 rings (SSSR count). The van der Waals surface area contributed by atoms with E-state index in [1.807, 2.05) is 25.1 Å². The lowest BCUT2D eigenvalue weighted by molar-refractivity contribution is -0.117. The van der Waals surface area contributed by atoms with Gasteiger partial charge in [0.1, 0.15) is 17.0 Å². The topological polar surface area (TPSA) is 71.4 Å². The van der Waals surface area contributed by atoms with Crippen LogP contribution in [0.25, 0.3) is 0 Å². The van der Waals surface area contributed by atoms with Crippen LogP contribution < -0.4 is 14.8 Å². The first kappa shape index (κ1) is 16.6. The van der Waals surface area contributed by atoms with Crippen LogP contribution in [0.4, 0.5) is 0 Å². The van der Waals surface area contributed by atoms with Gasteiger partial charge in [-0.1, -0.05) is 24.8 Å². The summed E-state index contributed by atoms with van der Waals surface area (Å²) in [4.78, 5) is 12.1. The molecular formula is C15H16N2O3S2. The number of thioether (sulfide) groups is 2. The third-order valence-corrected chi connectivity index (χ3v) is 5.46. The van der Waals surface area contributed by atoms with E-state index in [-0.39, 0.29) is 16.9 Å². The maximum absolute atomic E-state index is 12.1. The van der Waals surface area contributed by atoms with Crippen LogP contribution in [0.3, 0.4) is 0 Å². The van der Waals surface area contributed by atoms with Crippen LogP contribution in [0.1, 0.15) is 17.9 Å². The number of amides is 1. The summed E-state index contributed by atoms with van der Waals surface area (Å²) in [5, 5.41) is 11.7. The van der Waals surface area contributed by atoms with Crippen LogP contribution in [0, 0.1) is 11.3 Å². The summed E-state index contributed by atoms with van der Waals surface area (Å²) in [6.07, 6.45) is 0. The molecule has 0 spiro atoms. The van der Waals surface area contributed by atoms with Gasteiger partial charge in [0.05, 0.1) is 18.5 Å². The third kappa shape index (κ3) is 3.34. The molecule has 0 saturated carbocycles. The third-order valence-electron chi connectivity index (χ3n) is 3.02. The van der Waals surface area contributed by atoms with E-state index in [2.05, 4.69) is 5.32 Å². The fourth-order valence-electron chi connectivity index (χ4n) is 1.98. The molecule has 1 aromatic carbocycles. The van der Waals surface area contributed by atoms with Crippen molar-refractivity contribution in [3.05, 3.63) is 33.6 Å². The number of nitrogens with one attached hydrogen (secondary N) is 1. The van der Waals surface area contributed by atoms with E-state index in [1.165, 1.54) is 23.5 Å². The van der Waals surface area contributed by atoms with E-state index in [1.54, 1.807) is 20.3 Å². The van der Waals surface area contributed by atoms with Crippen LogP contribution in [0.15, 0.2) is 28.0 Å². The van der Waals surface area contributed by atoms with Gasteiger partial charge in [0, 0.05) is 0 Å². The minimum absolute atomic E-state index is 0.188. The highest BCUT2D eigenvalue weighted by atomic mass is 32.2. The summed E-state index contributed by atoms with van der Waals surface area (Å²) in [6, 6.07) is 7.50. The second-order valence-electron chi connectivity index (χ2n) is 4.29. The molecule has 7 heteroatoms. The van der Waals surface area contributed by atoms with Crippen molar-refractivity contribution in [3.8, 4) is 17.6 Å². The van der Waals surface area contributed by atoms with Gasteiger partial charge in [0.25, 0.3) is 5.91 Å². The average Bonchev–Trinajstić information content (AvgIpc) is 2.54. The van der Waals surface area contributed by atoms with Gasteiger partial charge in [0.15, 0.2) is 11.5 Å². The Labute approximate surface area is 138 Å². The molecule has 22 heavy (non-hydrogen) atoms. The van der Waals surface area contributed by atoms with Gasteiger partial charge >= 0.3 is 0 Å². The number of carbonyl (C=O) groups is 1. The van der Waals surface area contributed by atoms with Crippen LogP contribution in [0.2, 0.25) is 0 Å². The fraction of sp³-hybridized carbons (Fsp3) is 0.333. The first-order valence-corrected chi connectivity index (χ1v) is 8.47. The first-order chi connectivity index (χ1) is 10.6. The molecule has 1 atom stereocenters. The molecule has 1 aliphatic rings. The second kappa shape index (κ2) is 7.47. The zero-order valence-corrected chi connectivity index (χ0v) is 14.1. The zero-order valence-electron chi connectivity index (χ0n) is 12.5. The first-order valence-electron chi connectivity index (χ1n) is 6.61. The molecule has 0 bridgehead atoms. The summed E-state index contributed by atoms with van der Waals surface area (Å²) in [7, 11) is 3.15. The van der Waals surface area contributed by atoms with Crippen molar-refractivity contribution in [2.24, 2.45) is 0 Å². The van der Waals surface area contributed by atoms with E-state index in [0.29, 0.717) is 11.5 Å². The van der Waals surface area contributed by atoms with Crippen molar-refractivity contribution < 1.29 is 14.3 Å². The maximum Gasteiger partial charge on any atom is 0.264 e. The Morgan fingerprint density at radius 3 is 2.68 bits per heavy atom. The number of rotatable bonds is 5. The molecule has 1 aliphatic heterocycles. The lowest BCUT2D eigenvalue weighted by atomic mass is 10.2. The number of methoxy groups -OCH3 is 2. The highest BCUT2D eigenvalue weighted by molar-refractivity contribution is 8.22. The number of benzene rings is 1. The van der Waals surface area contributed by atoms with Crippen molar-refractivity contribution in [3.63, 3.8) is 0 Å². The summed E-state index contributed by atoms with van der Waals surface area (Å²) < 4.78 is 11.3. The predicted molar refractivity (Wildman–Crippen MR) is 88.8 cm³/mol. The van der Waals surface area contributed by atoms with Crippen LogP contribution in [-0.2, 0) is 4.79 Å². The number of carbonyl (C=O) groups excluding carboxylic acids is 1. The highest BCUT2D eigenvalue weighted by Crippen LogP contribution is 2.44. The summed E-state index contributed by atoms with van der Waals surface area (Å²) in [5.41, 5.74) is 1.08. The van der Waals surface area contributed by atoms with Crippen molar-refractivity contribution in [1.82, 2.24) is 5.32 Å². The van der Waals surface area contributed by atoms with Crippen molar-refractivity contribution in [2.75, 3.05) is 20.0 Å². The Bertz CT molecular complexity index is 653. The predicted octanol–water partition coefficient (Wildman–Crippen LogP) is 3.05. The molecule has 1 amide bonds. The molecule has 1 unspecified atom stereocenters. The molecule has 0 saturated heterocycles. The van der Waals surface area contributed by atoms with Crippen LogP contribution in [0.5, 0.6) is 11.5 Å². The molecule has 1 heterocycles. The summed E-state index contributed by atoms with van der Waals surface area (Å²) >= 11 is 2.98. The fourth-order valence-corrected chi connectivity index (χ4v) is 4.36. The molecule has 116 valence electrons. The molecular weight excluding hydrogens is 320 g/mol. The molecule has 0 fully saturated rings. The Morgan fingerprint density at radius 1 is 1.36 bits per heavy atom. The van der Waals surface area contributed by atoms with Gasteiger partial charge in [-0.15, -0.1) is 11.8 Å². The van der Waals surface area contributed by atoms with Gasteiger partial charge < -0.3 is 14.8 Å². The molecule has 0 radical (unpaired) electrons. The number of hydrogen-bond donors (Lipinski definition) is 1. The number of nitrogens with zero attached hydrogens (tertiary/aromatic N) is 1.